The second-order valence-electron chi connectivity index (χ2n) is 3.96. The molecule has 20 heavy (non-hydrogen) atoms. The SMILES string of the molecule is O=Cc1ccccc1OC(=O)/C=C/c1ccc(F)cc1. The number of rotatable bonds is 4. The first-order chi connectivity index (χ1) is 9.69. The molecule has 0 atom stereocenters. The Labute approximate surface area is 115 Å². The van der Waals surface area contributed by atoms with E-state index in [-0.39, 0.29) is 11.6 Å². The highest BCUT2D eigenvalue weighted by atomic mass is 19.1. The average Bonchev–Trinajstić information content (AvgIpc) is 2.47. The highest BCUT2D eigenvalue weighted by molar-refractivity contribution is 5.90. The van der Waals surface area contributed by atoms with Crippen molar-refractivity contribution in [1.29, 1.82) is 0 Å². The van der Waals surface area contributed by atoms with E-state index in [4.69, 9.17) is 4.74 Å². The maximum absolute atomic E-state index is 12.7. The molecule has 0 aliphatic carbocycles. The van der Waals surface area contributed by atoms with Crippen LogP contribution in [0.25, 0.3) is 6.08 Å². The van der Waals surface area contributed by atoms with Crippen LogP contribution in [0.1, 0.15) is 15.9 Å². The van der Waals surface area contributed by atoms with Crippen molar-refractivity contribution in [2.45, 2.75) is 0 Å². The van der Waals surface area contributed by atoms with Gasteiger partial charge in [0.05, 0.1) is 5.56 Å². The van der Waals surface area contributed by atoms with Gasteiger partial charge < -0.3 is 4.74 Å². The van der Waals surface area contributed by atoms with Crippen molar-refractivity contribution in [1.82, 2.24) is 0 Å². The van der Waals surface area contributed by atoms with Gasteiger partial charge in [0.25, 0.3) is 0 Å². The lowest BCUT2D eigenvalue weighted by Crippen LogP contribution is -2.05. The quantitative estimate of drug-likeness (QED) is 0.371. The number of benzene rings is 2. The fourth-order valence-electron chi connectivity index (χ4n) is 1.55. The summed E-state index contributed by atoms with van der Waals surface area (Å²) < 4.78 is 17.8. The van der Waals surface area contributed by atoms with Crippen LogP contribution in [0.15, 0.2) is 54.6 Å². The van der Waals surface area contributed by atoms with Crippen molar-refractivity contribution in [3.63, 3.8) is 0 Å². The predicted molar refractivity (Wildman–Crippen MR) is 72.9 cm³/mol. The molecule has 0 N–H and O–H groups in total. The van der Waals surface area contributed by atoms with Crippen LogP contribution in [0.4, 0.5) is 4.39 Å². The lowest BCUT2D eigenvalue weighted by Gasteiger charge is -2.03. The van der Waals surface area contributed by atoms with Crippen LogP contribution in [0, 0.1) is 5.82 Å². The second-order valence-corrected chi connectivity index (χ2v) is 3.96. The lowest BCUT2D eigenvalue weighted by molar-refractivity contribution is -0.128. The molecule has 4 heteroatoms. The summed E-state index contributed by atoms with van der Waals surface area (Å²) in [6.07, 6.45) is 3.34. The molecule has 0 saturated carbocycles. The Morgan fingerprint density at radius 3 is 2.45 bits per heavy atom. The predicted octanol–water partition coefficient (Wildman–Crippen LogP) is 3.26. The van der Waals surface area contributed by atoms with E-state index in [0.717, 1.165) is 0 Å². The van der Waals surface area contributed by atoms with Crippen molar-refractivity contribution in [2.24, 2.45) is 0 Å². The molecular formula is C16H11FO3. The lowest BCUT2D eigenvalue weighted by atomic mass is 10.2. The normalized spacial score (nSPS) is 10.4. The summed E-state index contributed by atoms with van der Waals surface area (Å²) >= 11 is 0. The molecule has 0 bridgehead atoms. The van der Waals surface area contributed by atoms with E-state index in [1.54, 1.807) is 30.3 Å². The Balaban J connectivity index is 2.05. The summed E-state index contributed by atoms with van der Waals surface area (Å²) in [7, 11) is 0. The summed E-state index contributed by atoms with van der Waals surface area (Å²) in [4.78, 5) is 22.4. The van der Waals surface area contributed by atoms with Crippen LogP contribution in [-0.2, 0) is 4.79 Å². The van der Waals surface area contributed by atoms with Crippen LogP contribution in [-0.4, -0.2) is 12.3 Å². The number of carbonyl (C=O) groups excluding carboxylic acids is 2. The van der Waals surface area contributed by atoms with E-state index < -0.39 is 5.97 Å². The highest BCUT2D eigenvalue weighted by Crippen LogP contribution is 2.16. The van der Waals surface area contributed by atoms with Crippen molar-refractivity contribution >= 4 is 18.3 Å². The molecule has 2 aromatic carbocycles. The van der Waals surface area contributed by atoms with Gasteiger partial charge in [0.1, 0.15) is 11.6 Å². The average molecular weight is 270 g/mol. The smallest absolute Gasteiger partial charge is 0.336 e. The summed E-state index contributed by atoms with van der Waals surface area (Å²) in [5, 5.41) is 0. The van der Waals surface area contributed by atoms with Crippen LogP contribution in [0.3, 0.4) is 0 Å². The monoisotopic (exact) mass is 270 g/mol. The molecule has 0 heterocycles. The van der Waals surface area contributed by atoms with E-state index in [9.17, 15) is 14.0 Å². The molecule has 3 nitrogen and oxygen atoms in total. The zero-order valence-electron chi connectivity index (χ0n) is 10.5. The van der Waals surface area contributed by atoms with Crippen molar-refractivity contribution in [3.05, 3.63) is 71.6 Å². The number of esters is 1. The Morgan fingerprint density at radius 2 is 1.75 bits per heavy atom. The Hall–Kier alpha value is -2.75. The first-order valence-electron chi connectivity index (χ1n) is 5.89. The third-order valence-electron chi connectivity index (χ3n) is 2.54. The van der Waals surface area contributed by atoms with Crippen molar-refractivity contribution < 1.29 is 18.7 Å². The number of ether oxygens (including phenoxy) is 1. The van der Waals surface area contributed by atoms with E-state index in [0.29, 0.717) is 17.4 Å². The zero-order valence-corrected chi connectivity index (χ0v) is 10.5. The standard InChI is InChI=1S/C16H11FO3/c17-14-8-5-12(6-9-14)7-10-16(19)20-15-4-2-1-3-13(15)11-18/h1-11H/b10-7+. The molecule has 0 aliphatic rings. The summed E-state index contributed by atoms with van der Waals surface area (Å²) in [6, 6.07) is 12.1. The molecule has 0 aromatic heterocycles. The van der Waals surface area contributed by atoms with Crippen LogP contribution in [0.2, 0.25) is 0 Å². The fourth-order valence-corrected chi connectivity index (χ4v) is 1.55. The number of halogens is 1. The zero-order chi connectivity index (χ0) is 14.4. The Bertz CT molecular complexity index is 645. The van der Waals surface area contributed by atoms with Gasteiger partial charge in [0, 0.05) is 6.08 Å². The van der Waals surface area contributed by atoms with Gasteiger partial charge in [-0.15, -0.1) is 0 Å². The van der Waals surface area contributed by atoms with Crippen LogP contribution < -0.4 is 4.74 Å². The molecule has 0 saturated heterocycles. The highest BCUT2D eigenvalue weighted by Gasteiger charge is 2.05. The minimum Gasteiger partial charge on any atom is -0.423 e. The number of hydrogen-bond acceptors (Lipinski definition) is 3. The Morgan fingerprint density at radius 1 is 1.05 bits per heavy atom. The first kappa shape index (κ1) is 13.7. The first-order valence-corrected chi connectivity index (χ1v) is 5.89. The second kappa shape index (κ2) is 6.43. The number of aldehydes is 1. The van der Waals surface area contributed by atoms with E-state index >= 15 is 0 Å². The minimum absolute atomic E-state index is 0.205. The van der Waals surface area contributed by atoms with Gasteiger partial charge in [0.15, 0.2) is 6.29 Å². The van der Waals surface area contributed by atoms with Gasteiger partial charge in [-0.05, 0) is 35.9 Å². The maximum Gasteiger partial charge on any atom is 0.336 e. The van der Waals surface area contributed by atoms with Gasteiger partial charge in [-0.1, -0.05) is 24.3 Å². The van der Waals surface area contributed by atoms with Gasteiger partial charge >= 0.3 is 5.97 Å². The fraction of sp³-hybridized carbons (Fsp3) is 0. The van der Waals surface area contributed by atoms with Crippen LogP contribution in [0.5, 0.6) is 5.75 Å². The van der Waals surface area contributed by atoms with Crippen molar-refractivity contribution in [2.75, 3.05) is 0 Å². The molecular weight excluding hydrogens is 259 g/mol. The maximum atomic E-state index is 12.7. The third kappa shape index (κ3) is 3.62. The van der Waals surface area contributed by atoms with Gasteiger partial charge in [-0.3, -0.25) is 4.79 Å². The molecule has 2 rings (SSSR count). The van der Waals surface area contributed by atoms with E-state index in [2.05, 4.69) is 0 Å². The van der Waals surface area contributed by atoms with Gasteiger partial charge in [-0.2, -0.15) is 0 Å². The number of hydrogen-bond donors (Lipinski definition) is 0. The summed E-state index contributed by atoms with van der Waals surface area (Å²) in [6.45, 7) is 0. The summed E-state index contributed by atoms with van der Waals surface area (Å²) in [5.41, 5.74) is 0.975. The molecule has 0 amide bonds. The topological polar surface area (TPSA) is 43.4 Å². The summed E-state index contributed by atoms with van der Waals surface area (Å²) in [5.74, 6) is -0.746. The van der Waals surface area contributed by atoms with Gasteiger partial charge in [0.2, 0.25) is 0 Å². The number of carbonyl (C=O) groups is 2. The molecule has 0 radical (unpaired) electrons. The minimum atomic E-state index is -0.608. The molecule has 2 aromatic rings. The molecule has 0 aliphatic heterocycles. The molecule has 100 valence electrons. The van der Waals surface area contributed by atoms with E-state index in [1.165, 1.54) is 30.4 Å². The third-order valence-corrected chi connectivity index (χ3v) is 2.54. The van der Waals surface area contributed by atoms with E-state index in [1.807, 2.05) is 0 Å². The molecule has 0 unspecified atom stereocenters. The van der Waals surface area contributed by atoms with Gasteiger partial charge in [-0.25, -0.2) is 9.18 Å². The number of para-hydroxylation sites is 1. The molecule has 0 fully saturated rings. The Kier molecular flexibility index (Phi) is 4.39. The largest absolute Gasteiger partial charge is 0.423 e. The van der Waals surface area contributed by atoms with Crippen LogP contribution >= 0.6 is 0 Å². The molecule has 0 spiro atoms. The van der Waals surface area contributed by atoms with Crippen molar-refractivity contribution in [3.8, 4) is 5.75 Å².